The van der Waals surface area contributed by atoms with Crippen molar-refractivity contribution in [3.05, 3.63) is 98.7 Å². The molecule has 4 heterocycles. The number of esters is 1. The molecule has 0 saturated heterocycles. The Hall–Kier alpha value is -4.39. The molecule has 8 nitrogen and oxygen atoms in total. The zero-order chi connectivity index (χ0) is 35.7. The van der Waals surface area contributed by atoms with Crippen LogP contribution in [-0.2, 0) is 4.74 Å². The molecule has 1 saturated carbocycles. The van der Waals surface area contributed by atoms with Crippen LogP contribution in [0.25, 0.3) is 34.2 Å². The molecule has 1 aliphatic carbocycles. The molecular formula is C41H44ClN5O3S. The molecule has 3 aromatic heterocycles. The van der Waals surface area contributed by atoms with E-state index in [0.717, 1.165) is 41.9 Å². The number of thioether (sulfide) groups is 1. The first-order valence-electron chi connectivity index (χ1n) is 18.0. The number of hydrogen-bond donors (Lipinski definition) is 0. The largest absolute Gasteiger partial charge is 0.493 e. The molecule has 1 fully saturated rings. The van der Waals surface area contributed by atoms with E-state index in [2.05, 4.69) is 48.8 Å². The number of pyridine rings is 1. The van der Waals surface area contributed by atoms with E-state index < -0.39 is 5.97 Å². The van der Waals surface area contributed by atoms with Crippen LogP contribution in [0.1, 0.15) is 94.5 Å². The number of carbonyl (C=O) groups is 1. The van der Waals surface area contributed by atoms with Gasteiger partial charge in [0.2, 0.25) is 11.5 Å². The molecule has 2 aliphatic rings. The minimum absolute atomic E-state index is 0.0839. The second-order valence-corrected chi connectivity index (χ2v) is 14.9. The van der Waals surface area contributed by atoms with E-state index in [1.807, 2.05) is 30.4 Å². The van der Waals surface area contributed by atoms with Crippen LogP contribution < -0.4 is 10.1 Å². The minimum Gasteiger partial charge on any atom is -0.493 e. The summed E-state index contributed by atoms with van der Waals surface area (Å²) in [6.07, 6.45) is 21.0. The maximum Gasteiger partial charge on any atom is 0.331 e. The highest BCUT2D eigenvalue weighted by Crippen LogP contribution is 2.36. The van der Waals surface area contributed by atoms with Crippen LogP contribution in [0.2, 0.25) is 0 Å². The van der Waals surface area contributed by atoms with Gasteiger partial charge in [-0.3, -0.25) is 4.98 Å². The van der Waals surface area contributed by atoms with Gasteiger partial charge in [0.25, 0.3) is 0 Å². The van der Waals surface area contributed by atoms with Crippen LogP contribution in [0, 0.1) is 18.4 Å². The molecule has 0 amide bonds. The molecular weight excluding hydrogens is 678 g/mol. The van der Waals surface area contributed by atoms with Crippen molar-refractivity contribution in [2.24, 2.45) is 11.8 Å². The molecule has 0 N–H and O–H groups in total. The van der Waals surface area contributed by atoms with E-state index in [1.165, 1.54) is 35.8 Å². The highest BCUT2D eigenvalue weighted by atomic mass is 35.5. The lowest BCUT2D eigenvalue weighted by Gasteiger charge is -2.33. The Morgan fingerprint density at radius 3 is 2.69 bits per heavy atom. The van der Waals surface area contributed by atoms with Gasteiger partial charge in [0.1, 0.15) is 23.1 Å². The van der Waals surface area contributed by atoms with Crippen molar-refractivity contribution < 1.29 is 14.3 Å². The molecule has 10 heteroatoms. The average molecular weight is 722 g/mol. The van der Waals surface area contributed by atoms with E-state index >= 15 is 0 Å². The number of halogens is 1. The normalized spacial score (nSPS) is 20.1. The Morgan fingerprint density at radius 2 is 1.88 bits per heavy atom. The fourth-order valence-electron chi connectivity index (χ4n) is 6.75. The van der Waals surface area contributed by atoms with Crippen LogP contribution in [0.5, 0.6) is 5.75 Å². The van der Waals surface area contributed by atoms with Crippen LogP contribution in [0.3, 0.4) is 0 Å². The predicted molar refractivity (Wildman–Crippen MR) is 206 cm³/mol. The monoisotopic (exact) mass is 721 g/mol. The number of rotatable bonds is 13. The molecule has 4 aromatic rings. The topological polar surface area (TPSA) is 83.0 Å². The Morgan fingerprint density at radius 1 is 1.10 bits per heavy atom. The Bertz CT molecular complexity index is 2050. The first-order chi connectivity index (χ1) is 24.9. The quantitative estimate of drug-likeness (QED) is 0.0772. The van der Waals surface area contributed by atoms with Gasteiger partial charge in [-0.15, -0.1) is 5.10 Å². The summed E-state index contributed by atoms with van der Waals surface area (Å²) in [6, 6.07) is 11.8. The third kappa shape index (κ3) is 8.74. The highest BCUT2D eigenvalue weighted by molar-refractivity contribution is 8.03. The van der Waals surface area contributed by atoms with Crippen molar-refractivity contribution in [3.8, 4) is 17.3 Å². The van der Waals surface area contributed by atoms with E-state index in [4.69, 9.17) is 37.7 Å². The van der Waals surface area contributed by atoms with Gasteiger partial charge in [-0.2, -0.15) is 0 Å². The zero-order valence-electron chi connectivity index (χ0n) is 29.5. The summed E-state index contributed by atoms with van der Waals surface area (Å²) in [5.74, 6) is 0.828. The molecule has 0 bridgehead atoms. The number of fused-ring (bicyclic) bond motifs is 2. The number of benzene rings is 1. The van der Waals surface area contributed by atoms with E-state index in [0.29, 0.717) is 34.3 Å². The van der Waals surface area contributed by atoms with Gasteiger partial charge in [-0.05, 0) is 73.1 Å². The van der Waals surface area contributed by atoms with Crippen molar-refractivity contribution in [2.45, 2.75) is 89.6 Å². The van der Waals surface area contributed by atoms with Crippen molar-refractivity contribution in [1.29, 1.82) is 0 Å². The third-order valence-corrected chi connectivity index (χ3v) is 10.9. The first kappa shape index (κ1) is 36.4. The fraction of sp³-hybridized carbons (Fsp3) is 0.390. The summed E-state index contributed by atoms with van der Waals surface area (Å²) in [5, 5.41) is 5.48. The van der Waals surface area contributed by atoms with Crippen molar-refractivity contribution in [3.63, 3.8) is 0 Å². The third-order valence-electron chi connectivity index (χ3n) is 9.52. The van der Waals surface area contributed by atoms with Crippen molar-refractivity contribution >= 4 is 52.8 Å². The zero-order valence-corrected chi connectivity index (χ0v) is 31.1. The SMILES string of the molecule is [C-]#[N+]c1c(C(=O)OC2C(C)CCCC2C)c2nc(-c3cc(OCCCCCCCC)ccn3)nn2/c1=C/C(Cl)=C/C=C1/C=Cc2ccccc2S1. The minimum atomic E-state index is -0.580. The molecule has 6 rings (SSSR count). The van der Waals surface area contributed by atoms with Crippen LogP contribution in [0.15, 0.2) is 75.7 Å². The smallest absolute Gasteiger partial charge is 0.331 e. The summed E-state index contributed by atoms with van der Waals surface area (Å²) >= 11 is 8.46. The van der Waals surface area contributed by atoms with Gasteiger partial charge in [-0.25, -0.2) is 19.1 Å². The Labute approximate surface area is 309 Å². The number of nitrogens with zero attached hydrogens (tertiary/aromatic N) is 5. The van der Waals surface area contributed by atoms with Gasteiger partial charge in [0, 0.05) is 27.1 Å². The van der Waals surface area contributed by atoms with Crippen molar-refractivity contribution in [2.75, 3.05) is 6.61 Å². The van der Waals surface area contributed by atoms with Gasteiger partial charge in [0.15, 0.2) is 5.65 Å². The van der Waals surface area contributed by atoms with Gasteiger partial charge in [0.05, 0.1) is 18.5 Å². The fourth-order valence-corrected chi connectivity index (χ4v) is 7.84. The number of aromatic nitrogens is 4. The average Bonchev–Trinajstić information content (AvgIpc) is 3.69. The van der Waals surface area contributed by atoms with Crippen LogP contribution >= 0.6 is 23.4 Å². The second-order valence-electron chi connectivity index (χ2n) is 13.4. The maximum absolute atomic E-state index is 14.0. The lowest BCUT2D eigenvalue weighted by atomic mass is 9.80. The summed E-state index contributed by atoms with van der Waals surface area (Å²) in [5.41, 5.74) is 2.08. The van der Waals surface area contributed by atoms with E-state index in [1.54, 1.807) is 36.2 Å². The van der Waals surface area contributed by atoms with E-state index in [9.17, 15) is 4.79 Å². The molecule has 0 radical (unpaired) electrons. The summed E-state index contributed by atoms with van der Waals surface area (Å²) in [4.78, 5) is 29.3. The predicted octanol–water partition coefficient (Wildman–Crippen LogP) is 10.4. The lowest BCUT2D eigenvalue weighted by molar-refractivity contribution is -0.0159. The Kier molecular flexibility index (Phi) is 12.3. The molecule has 1 aromatic carbocycles. The first-order valence-corrected chi connectivity index (χ1v) is 19.2. The summed E-state index contributed by atoms with van der Waals surface area (Å²) < 4.78 is 13.7. The highest BCUT2D eigenvalue weighted by Gasteiger charge is 2.34. The molecule has 0 spiro atoms. The molecule has 264 valence electrons. The summed E-state index contributed by atoms with van der Waals surface area (Å²) in [6.45, 7) is 15.2. The summed E-state index contributed by atoms with van der Waals surface area (Å²) in [7, 11) is 0. The number of unbranched alkanes of at least 4 members (excludes halogenated alkanes) is 5. The lowest BCUT2D eigenvalue weighted by Crippen LogP contribution is -2.34. The number of allylic oxidation sites excluding steroid dienone is 4. The van der Waals surface area contributed by atoms with Crippen LogP contribution in [0.4, 0.5) is 5.69 Å². The number of carbonyl (C=O) groups excluding carboxylic acids is 1. The molecule has 2 atom stereocenters. The molecule has 51 heavy (non-hydrogen) atoms. The second kappa shape index (κ2) is 17.2. The standard InChI is InChI=1S/C41H44ClN5O3S/c1-5-6-7-8-9-12-24-49-31-22-23-44-33(26-31)39-45-40-36(41(48)50-38-27(2)14-13-15-28(38)3)37(43-4)34(47(40)46-39)25-30(42)19-21-32-20-18-29-16-10-11-17-35(29)51-32/h10-11,16-23,25-28,38H,5-9,12-15,24H2,1-3H3/b30-19-,32-21-,34-25+. The molecule has 2 unspecified atom stereocenters. The van der Waals surface area contributed by atoms with Gasteiger partial charge >= 0.3 is 5.97 Å². The van der Waals surface area contributed by atoms with Crippen molar-refractivity contribution in [1.82, 2.24) is 19.6 Å². The number of ether oxygens (including phenoxy) is 2. The maximum atomic E-state index is 14.0. The van der Waals surface area contributed by atoms with Crippen LogP contribution in [-0.4, -0.2) is 38.3 Å². The van der Waals surface area contributed by atoms with Gasteiger partial charge in [-0.1, -0.05) is 107 Å². The van der Waals surface area contributed by atoms with Gasteiger partial charge < -0.3 is 9.47 Å². The molecule has 1 aliphatic heterocycles. The van der Waals surface area contributed by atoms with E-state index in [-0.39, 0.29) is 34.8 Å². The Balaban J connectivity index is 1.34. The number of hydrogen-bond acceptors (Lipinski definition) is 7.